The fourth-order valence-corrected chi connectivity index (χ4v) is 5.78. The second-order valence-corrected chi connectivity index (χ2v) is 9.18. The van der Waals surface area contributed by atoms with Crippen molar-refractivity contribution < 1.29 is 44.5 Å². The molecule has 2 heterocycles. The molecule has 0 spiro atoms. The molecule has 9 heteroatoms. The normalized spacial score (nSPS) is 51.1. The molecule has 9 nitrogen and oxygen atoms in total. The van der Waals surface area contributed by atoms with Crippen LogP contribution in [0, 0.1) is 17.3 Å². The Labute approximate surface area is 174 Å². The van der Waals surface area contributed by atoms with E-state index in [4.69, 9.17) is 14.2 Å². The lowest BCUT2D eigenvalue weighted by Gasteiger charge is -2.55. The van der Waals surface area contributed by atoms with Gasteiger partial charge in [0.05, 0.1) is 18.8 Å². The van der Waals surface area contributed by atoms with E-state index in [1.165, 1.54) is 0 Å². The average molecular weight is 426 g/mol. The fraction of sp³-hybridized carbons (Fsp3) is 0.762. The third-order valence-corrected chi connectivity index (χ3v) is 7.40. The van der Waals surface area contributed by atoms with E-state index < -0.39 is 67.0 Å². The molecule has 0 radical (unpaired) electrons. The van der Waals surface area contributed by atoms with Crippen molar-refractivity contribution in [2.45, 2.75) is 75.7 Å². The molecule has 4 aliphatic rings. The van der Waals surface area contributed by atoms with Gasteiger partial charge in [-0.25, -0.2) is 4.79 Å². The summed E-state index contributed by atoms with van der Waals surface area (Å²) in [6.45, 7) is 7.13. The summed E-state index contributed by atoms with van der Waals surface area (Å²) in [6, 6.07) is 0. The minimum absolute atomic E-state index is 0.0953. The average Bonchev–Trinajstić information content (AvgIpc) is 2.98. The zero-order chi connectivity index (χ0) is 22.0. The first-order valence-corrected chi connectivity index (χ1v) is 10.3. The Morgan fingerprint density at radius 2 is 1.93 bits per heavy atom. The highest BCUT2D eigenvalue weighted by Crippen LogP contribution is 2.57. The number of aliphatic hydroxyl groups excluding tert-OH is 5. The van der Waals surface area contributed by atoms with Gasteiger partial charge < -0.3 is 39.7 Å². The minimum atomic E-state index is -1.57. The number of hydrogen-bond acceptors (Lipinski definition) is 9. The van der Waals surface area contributed by atoms with Gasteiger partial charge in [0.15, 0.2) is 6.29 Å². The standard InChI is InChI=1S/C21H30O9/c1-8-6-11(23)18(30-20-16(26)15(25)14(24)12(7-22)28-20)21(3)5-4-10-9(2)19(27)29-17(10)13(8)21/h6,10-18,20,22-26H,2,4-5,7H2,1,3H3/t10-,11+,12+,13+,14-,15-,16-,17-,18+,20+,21+/m0/s1. The van der Waals surface area contributed by atoms with Gasteiger partial charge in [0.2, 0.25) is 0 Å². The summed E-state index contributed by atoms with van der Waals surface area (Å²) < 4.78 is 17.1. The van der Waals surface area contributed by atoms with Crippen LogP contribution in [0.15, 0.2) is 23.8 Å². The smallest absolute Gasteiger partial charge is 0.334 e. The summed E-state index contributed by atoms with van der Waals surface area (Å²) in [5.74, 6) is -0.723. The zero-order valence-corrected chi connectivity index (χ0v) is 17.0. The predicted molar refractivity (Wildman–Crippen MR) is 102 cm³/mol. The maximum atomic E-state index is 12.1. The van der Waals surface area contributed by atoms with E-state index in [1.54, 1.807) is 6.08 Å². The zero-order valence-electron chi connectivity index (χ0n) is 17.0. The predicted octanol–water partition coefficient (Wildman–Crippen LogP) is -0.994. The van der Waals surface area contributed by atoms with Gasteiger partial charge in [-0.3, -0.25) is 0 Å². The Morgan fingerprint density at radius 3 is 2.60 bits per heavy atom. The monoisotopic (exact) mass is 426 g/mol. The van der Waals surface area contributed by atoms with E-state index in [-0.39, 0.29) is 11.8 Å². The van der Waals surface area contributed by atoms with E-state index >= 15 is 0 Å². The second kappa shape index (κ2) is 7.67. The number of aliphatic hydroxyl groups is 5. The SMILES string of the molecule is C=C1C(=O)O[C@@H]2[C@H]3C(C)=C[C@@H](O)[C@@H](O[C@H]4O[C@H](CO)[C@H](O)[C@H](O)[C@@H]4O)[C@]3(C)CC[C@@H]12. The summed E-state index contributed by atoms with van der Waals surface area (Å²) in [5, 5.41) is 50.7. The van der Waals surface area contributed by atoms with Crippen LogP contribution in [-0.2, 0) is 19.0 Å². The maximum absolute atomic E-state index is 12.1. The van der Waals surface area contributed by atoms with Gasteiger partial charge in [-0.05, 0) is 19.8 Å². The maximum Gasteiger partial charge on any atom is 0.334 e. The Hall–Kier alpha value is -1.33. The number of esters is 1. The van der Waals surface area contributed by atoms with Crippen molar-refractivity contribution >= 4 is 5.97 Å². The molecular weight excluding hydrogens is 396 g/mol. The van der Waals surface area contributed by atoms with Crippen LogP contribution in [0.4, 0.5) is 0 Å². The van der Waals surface area contributed by atoms with E-state index in [1.807, 2.05) is 13.8 Å². The molecular formula is C21H30O9. The minimum Gasteiger partial charge on any atom is -0.458 e. The molecule has 0 amide bonds. The largest absolute Gasteiger partial charge is 0.458 e. The lowest BCUT2D eigenvalue weighted by molar-refractivity contribution is -0.330. The highest BCUT2D eigenvalue weighted by molar-refractivity contribution is 5.91. The van der Waals surface area contributed by atoms with Gasteiger partial charge in [-0.1, -0.05) is 25.2 Å². The Kier molecular flexibility index (Phi) is 5.59. The van der Waals surface area contributed by atoms with Gasteiger partial charge in [-0.2, -0.15) is 0 Å². The van der Waals surface area contributed by atoms with Crippen LogP contribution in [0.1, 0.15) is 26.7 Å². The number of carbonyl (C=O) groups excluding carboxylic acids is 1. The highest BCUT2D eigenvalue weighted by Gasteiger charge is 2.60. The van der Waals surface area contributed by atoms with Gasteiger partial charge in [0.1, 0.15) is 30.5 Å². The first kappa shape index (κ1) is 21.9. The molecule has 4 rings (SSSR count). The molecule has 3 fully saturated rings. The van der Waals surface area contributed by atoms with Crippen molar-refractivity contribution in [1.82, 2.24) is 0 Å². The molecule has 2 saturated heterocycles. The summed E-state index contributed by atoms with van der Waals surface area (Å²) in [5.41, 5.74) is 0.701. The lowest BCUT2D eigenvalue weighted by atomic mass is 9.55. The Balaban J connectivity index is 1.63. The summed E-state index contributed by atoms with van der Waals surface area (Å²) in [4.78, 5) is 12.1. The molecule has 0 unspecified atom stereocenters. The molecule has 2 aliphatic carbocycles. The Morgan fingerprint density at radius 1 is 1.23 bits per heavy atom. The van der Waals surface area contributed by atoms with Gasteiger partial charge >= 0.3 is 5.97 Å². The summed E-state index contributed by atoms with van der Waals surface area (Å²) in [6.07, 6.45) is -6.46. The first-order chi connectivity index (χ1) is 14.1. The molecule has 0 aromatic rings. The van der Waals surface area contributed by atoms with Crippen LogP contribution < -0.4 is 0 Å². The quantitative estimate of drug-likeness (QED) is 0.218. The molecule has 168 valence electrons. The van der Waals surface area contributed by atoms with Crippen LogP contribution in [0.2, 0.25) is 0 Å². The molecule has 5 N–H and O–H groups in total. The molecule has 1 saturated carbocycles. The van der Waals surface area contributed by atoms with E-state index in [0.717, 1.165) is 5.57 Å². The van der Waals surface area contributed by atoms with Gasteiger partial charge in [0.25, 0.3) is 0 Å². The number of fused-ring (bicyclic) bond motifs is 3. The van der Waals surface area contributed by atoms with Crippen molar-refractivity contribution in [2.75, 3.05) is 6.61 Å². The van der Waals surface area contributed by atoms with Crippen molar-refractivity contribution in [1.29, 1.82) is 0 Å². The number of ether oxygens (including phenoxy) is 3. The van der Waals surface area contributed by atoms with Crippen molar-refractivity contribution in [3.63, 3.8) is 0 Å². The van der Waals surface area contributed by atoms with Crippen LogP contribution in [0.5, 0.6) is 0 Å². The lowest BCUT2D eigenvalue weighted by Crippen LogP contribution is -2.63. The van der Waals surface area contributed by atoms with Crippen molar-refractivity contribution in [3.05, 3.63) is 23.8 Å². The molecule has 2 aliphatic heterocycles. The summed E-state index contributed by atoms with van der Waals surface area (Å²) >= 11 is 0. The molecule has 0 bridgehead atoms. The highest BCUT2D eigenvalue weighted by atomic mass is 16.7. The third-order valence-electron chi connectivity index (χ3n) is 7.40. The number of hydrogen-bond donors (Lipinski definition) is 5. The topological polar surface area (TPSA) is 146 Å². The van der Waals surface area contributed by atoms with Crippen LogP contribution >= 0.6 is 0 Å². The fourth-order valence-electron chi connectivity index (χ4n) is 5.78. The van der Waals surface area contributed by atoms with Gasteiger partial charge in [0, 0.05) is 22.8 Å². The van der Waals surface area contributed by atoms with E-state index in [2.05, 4.69) is 6.58 Å². The van der Waals surface area contributed by atoms with Gasteiger partial charge in [-0.15, -0.1) is 0 Å². The number of rotatable bonds is 3. The van der Waals surface area contributed by atoms with Crippen LogP contribution in [-0.4, -0.2) is 87.1 Å². The number of carbonyl (C=O) groups is 1. The van der Waals surface area contributed by atoms with E-state index in [9.17, 15) is 30.3 Å². The third kappa shape index (κ3) is 3.15. The summed E-state index contributed by atoms with van der Waals surface area (Å²) in [7, 11) is 0. The molecule has 30 heavy (non-hydrogen) atoms. The van der Waals surface area contributed by atoms with Crippen molar-refractivity contribution in [3.8, 4) is 0 Å². The Bertz CT molecular complexity index is 749. The molecule has 11 atom stereocenters. The molecule has 0 aromatic heterocycles. The van der Waals surface area contributed by atoms with Crippen LogP contribution in [0.25, 0.3) is 0 Å². The van der Waals surface area contributed by atoms with Crippen molar-refractivity contribution in [2.24, 2.45) is 17.3 Å². The first-order valence-electron chi connectivity index (χ1n) is 10.3. The second-order valence-electron chi connectivity index (χ2n) is 9.18. The molecule has 0 aromatic carbocycles. The van der Waals surface area contributed by atoms with E-state index in [0.29, 0.717) is 18.4 Å². The van der Waals surface area contributed by atoms with Crippen LogP contribution in [0.3, 0.4) is 0 Å².